The molecule has 0 heterocycles. The van der Waals surface area contributed by atoms with Crippen LogP contribution in [0.25, 0.3) is 0 Å². The Morgan fingerprint density at radius 3 is 2.47 bits per heavy atom. The molecule has 1 aromatic carbocycles. The fraction of sp³-hybridized carbons (Fsp3) is 0.300. The van der Waals surface area contributed by atoms with Crippen molar-refractivity contribution < 1.29 is 17.6 Å². The highest BCUT2D eigenvalue weighted by Crippen LogP contribution is 2.35. The van der Waals surface area contributed by atoms with Crippen LogP contribution in [0.3, 0.4) is 0 Å². The predicted molar refractivity (Wildman–Crippen MR) is 58.1 cm³/mol. The number of halogens is 5. The van der Waals surface area contributed by atoms with Gasteiger partial charge in [0.15, 0.2) is 0 Å². The van der Waals surface area contributed by atoms with Gasteiger partial charge in [0, 0.05) is 0 Å². The molecule has 0 unspecified atom stereocenters. The maximum atomic E-state index is 13.3. The lowest BCUT2D eigenvalue weighted by Crippen LogP contribution is -2.13. The molecule has 0 atom stereocenters. The van der Waals surface area contributed by atoms with Gasteiger partial charge in [-0.3, -0.25) is 0 Å². The Labute approximate surface area is 100 Å². The molecule has 2 nitrogen and oxygen atoms in total. The first-order valence-corrected chi connectivity index (χ1v) is 5.05. The Morgan fingerprint density at radius 2 is 2.00 bits per heavy atom. The van der Waals surface area contributed by atoms with Crippen molar-refractivity contribution in [2.75, 3.05) is 5.88 Å². The first-order valence-electron chi connectivity index (χ1n) is 4.52. The quantitative estimate of drug-likeness (QED) is 0.380. The third-order valence-corrected chi connectivity index (χ3v) is 2.32. The second kappa shape index (κ2) is 4.91. The maximum absolute atomic E-state index is 13.3. The summed E-state index contributed by atoms with van der Waals surface area (Å²) in [5.41, 5.74) is 3.51. The Bertz CT molecular complexity index is 454. The number of hydrogen-bond donors (Lipinski definition) is 1. The van der Waals surface area contributed by atoms with E-state index >= 15 is 0 Å². The first-order chi connectivity index (χ1) is 7.75. The Morgan fingerprint density at radius 1 is 1.41 bits per heavy atom. The van der Waals surface area contributed by atoms with Gasteiger partial charge in [-0.25, -0.2) is 9.38 Å². The van der Waals surface area contributed by atoms with Crippen molar-refractivity contribution in [1.82, 2.24) is 0 Å². The zero-order valence-electron chi connectivity index (χ0n) is 8.78. The summed E-state index contributed by atoms with van der Waals surface area (Å²) < 4.78 is 50.9. The van der Waals surface area contributed by atoms with Gasteiger partial charge in [0.25, 0.3) is 0 Å². The second-order valence-corrected chi connectivity index (χ2v) is 3.60. The van der Waals surface area contributed by atoms with Crippen LogP contribution in [0.1, 0.15) is 11.1 Å². The van der Waals surface area contributed by atoms with E-state index < -0.39 is 23.1 Å². The third-order valence-electron chi connectivity index (χ3n) is 2.04. The van der Waals surface area contributed by atoms with Gasteiger partial charge in [-0.1, -0.05) is 0 Å². The van der Waals surface area contributed by atoms with Gasteiger partial charge in [-0.15, -0.1) is 11.6 Å². The van der Waals surface area contributed by atoms with Gasteiger partial charge in [-0.05, 0) is 24.6 Å². The molecule has 0 saturated carbocycles. The Balaban J connectivity index is 3.34. The van der Waals surface area contributed by atoms with Gasteiger partial charge < -0.3 is 5.73 Å². The molecule has 17 heavy (non-hydrogen) atoms. The fourth-order valence-electron chi connectivity index (χ4n) is 1.22. The minimum Gasteiger partial charge on any atom is -0.386 e. The number of nitrogens with two attached hydrogens (primary N) is 1. The van der Waals surface area contributed by atoms with Crippen LogP contribution in [-0.2, 0) is 6.18 Å². The molecule has 94 valence electrons. The van der Waals surface area contributed by atoms with E-state index in [2.05, 4.69) is 4.99 Å². The van der Waals surface area contributed by atoms with Crippen molar-refractivity contribution >= 4 is 23.1 Å². The summed E-state index contributed by atoms with van der Waals surface area (Å²) in [4.78, 5) is 3.58. The molecule has 0 aliphatic heterocycles. The van der Waals surface area contributed by atoms with E-state index in [0.29, 0.717) is 0 Å². The van der Waals surface area contributed by atoms with Crippen molar-refractivity contribution in [3.63, 3.8) is 0 Å². The standard InChI is InChI=1S/C10H9ClF4N2/c1-5-7(10(13,14)15)2-6(3-8(5)12)17-9(16)4-11/h2-3H,4H2,1H3,(H2,16,17). The summed E-state index contributed by atoms with van der Waals surface area (Å²) in [6.07, 6.45) is -4.63. The average Bonchev–Trinajstić information content (AvgIpc) is 2.21. The van der Waals surface area contributed by atoms with E-state index in [1.807, 2.05) is 0 Å². The summed E-state index contributed by atoms with van der Waals surface area (Å²) in [5, 5.41) is 0. The van der Waals surface area contributed by atoms with E-state index in [1.165, 1.54) is 0 Å². The average molecular weight is 269 g/mol. The molecule has 0 aliphatic carbocycles. The second-order valence-electron chi connectivity index (χ2n) is 3.33. The molecular weight excluding hydrogens is 260 g/mol. The van der Waals surface area contributed by atoms with Gasteiger partial charge in [0.2, 0.25) is 0 Å². The monoisotopic (exact) mass is 268 g/mol. The lowest BCUT2D eigenvalue weighted by Gasteiger charge is -2.11. The molecule has 0 saturated heterocycles. The lowest BCUT2D eigenvalue weighted by molar-refractivity contribution is -0.138. The van der Waals surface area contributed by atoms with Crippen molar-refractivity contribution in [3.05, 3.63) is 29.1 Å². The van der Waals surface area contributed by atoms with Crippen LogP contribution in [0.5, 0.6) is 0 Å². The number of aliphatic imine (C=N–C) groups is 1. The van der Waals surface area contributed by atoms with Crippen molar-refractivity contribution in [2.24, 2.45) is 10.7 Å². The highest BCUT2D eigenvalue weighted by molar-refractivity contribution is 6.28. The molecule has 0 spiro atoms. The van der Waals surface area contributed by atoms with Gasteiger partial charge in [0.1, 0.15) is 11.7 Å². The molecule has 2 N–H and O–H groups in total. The first kappa shape index (κ1) is 13.8. The lowest BCUT2D eigenvalue weighted by atomic mass is 10.1. The predicted octanol–water partition coefficient (Wildman–Crippen LogP) is 3.38. The molecule has 0 radical (unpaired) electrons. The Hall–Kier alpha value is -1.30. The van der Waals surface area contributed by atoms with Crippen molar-refractivity contribution in [1.29, 1.82) is 0 Å². The van der Waals surface area contributed by atoms with E-state index in [9.17, 15) is 17.6 Å². The zero-order chi connectivity index (χ0) is 13.2. The molecule has 1 rings (SSSR count). The SMILES string of the molecule is Cc1c(F)cc(N=C(N)CCl)cc1C(F)(F)F. The summed E-state index contributed by atoms with van der Waals surface area (Å²) >= 11 is 5.33. The van der Waals surface area contributed by atoms with Gasteiger partial charge in [-0.2, -0.15) is 13.2 Å². The van der Waals surface area contributed by atoms with Crippen LogP contribution in [-0.4, -0.2) is 11.7 Å². The topological polar surface area (TPSA) is 38.4 Å². The number of hydrogen-bond acceptors (Lipinski definition) is 1. The number of amidine groups is 1. The molecule has 0 aromatic heterocycles. The highest BCUT2D eigenvalue weighted by atomic mass is 35.5. The molecule has 0 fully saturated rings. The van der Waals surface area contributed by atoms with E-state index in [-0.39, 0.29) is 17.4 Å². The van der Waals surface area contributed by atoms with Crippen LogP contribution in [0.15, 0.2) is 17.1 Å². The minimum atomic E-state index is -4.63. The molecule has 0 bridgehead atoms. The minimum absolute atomic E-state index is 0.0805. The summed E-state index contributed by atoms with van der Waals surface area (Å²) in [5.74, 6) is -1.21. The van der Waals surface area contributed by atoms with Crippen LogP contribution in [0.4, 0.5) is 23.2 Å². The Kier molecular flexibility index (Phi) is 3.98. The summed E-state index contributed by atoms with van der Waals surface area (Å²) in [6.45, 7) is 1.05. The summed E-state index contributed by atoms with van der Waals surface area (Å²) in [6, 6.07) is 1.61. The van der Waals surface area contributed by atoms with Gasteiger partial charge >= 0.3 is 6.18 Å². The number of alkyl halides is 4. The van der Waals surface area contributed by atoms with Crippen molar-refractivity contribution in [2.45, 2.75) is 13.1 Å². The molecule has 0 aliphatic rings. The summed E-state index contributed by atoms with van der Waals surface area (Å²) in [7, 11) is 0. The number of benzene rings is 1. The van der Waals surface area contributed by atoms with Crippen LogP contribution < -0.4 is 5.73 Å². The number of nitrogens with zero attached hydrogens (tertiary/aromatic N) is 1. The fourth-order valence-corrected chi connectivity index (χ4v) is 1.28. The van der Waals surface area contributed by atoms with E-state index in [4.69, 9.17) is 17.3 Å². The normalized spacial score (nSPS) is 12.9. The van der Waals surface area contributed by atoms with E-state index in [0.717, 1.165) is 19.1 Å². The van der Waals surface area contributed by atoms with Crippen LogP contribution >= 0.6 is 11.6 Å². The van der Waals surface area contributed by atoms with Gasteiger partial charge in [0.05, 0.1) is 17.1 Å². The number of rotatable bonds is 2. The molecule has 7 heteroatoms. The highest BCUT2D eigenvalue weighted by Gasteiger charge is 2.33. The maximum Gasteiger partial charge on any atom is 0.416 e. The van der Waals surface area contributed by atoms with Crippen LogP contribution in [0, 0.1) is 12.7 Å². The zero-order valence-corrected chi connectivity index (χ0v) is 9.53. The molecule has 1 aromatic rings. The molecule has 0 amide bonds. The largest absolute Gasteiger partial charge is 0.416 e. The van der Waals surface area contributed by atoms with Crippen molar-refractivity contribution in [3.8, 4) is 0 Å². The smallest absolute Gasteiger partial charge is 0.386 e. The van der Waals surface area contributed by atoms with E-state index in [1.54, 1.807) is 0 Å². The third kappa shape index (κ3) is 3.33. The van der Waals surface area contributed by atoms with Crippen LogP contribution in [0.2, 0.25) is 0 Å². The molecular formula is C10H9ClF4N2.